The number of nitrogens with zero attached hydrogens (tertiary/aromatic N) is 16. The Morgan fingerprint density at radius 2 is 0.826 bits per heavy atom. The van der Waals surface area contributed by atoms with E-state index in [1.165, 1.54) is 60.2 Å². The van der Waals surface area contributed by atoms with Crippen LogP contribution in [0.4, 0.5) is 0 Å². The van der Waals surface area contributed by atoms with Crippen molar-refractivity contribution >= 4 is 98.8 Å². The van der Waals surface area contributed by atoms with Gasteiger partial charge >= 0.3 is 5.69 Å². The smallest absolute Gasteiger partial charge is 0.326 e. The second-order valence-corrected chi connectivity index (χ2v) is 29.4. The lowest BCUT2D eigenvalue weighted by atomic mass is 10.1. The highest BCUT2D eigenvalue weighted by atomic mass is 16.1. The first-order valence-electron chi connectivity index (χ1n) is 38.1. The van der Waals surface area contributed by atoms with Gasteiger partial charge in [0, 0.05) is 124 Å². The number of hydrogen-bond donors (Lipinski definition) is 2. The number of H-pyrrole nitrogens is 2. The summed E-state index contributed by atoms with van der Waals surface area (Å²) in [6, 6.07) is 70.9. The summed E-state index contributed by atoms with van der Waals surface area (Å²) in [5.74, 6) is 0.511. The highest BCUT2D eigenvalue weighted by Gasteiger charge is 2.12. The molecule has 564 valence electrons. The van der Waals surface area contributed by atoms with Crippen LogP contribution in [0.15, 0.2) is 267 Å². The molecule has 0 saturated carbocycles. The van der Waals surface area contributed by atoms with Gasteiger partial charge in [-0.25, -0.2) is 19.4 Å². The summed E-state index contributed by atoms with van der Waals surface area (Å²) in [6.45, 7) is 38.5. The number of aromatic nitrogens is 18. The third-order valence-corrected chi connectivity index (χ3v) is 18.5. The molecule has 0 radical (unpaired) electrons. The van der Waals surface area contributed by atoms with E-state index in [0.717, 1.165) is 44.3 Å². The molecule has 0 atom stereocenters. The monoisotopic (exact) mass is 1460 g/mol. The van der Waals surface area contributed by atoms with Gasteiger partial charge in [-0.2, -0.15) is 10.2 Å². The van der Waals surface area contributed by atoms with Crippen LogP contribution in [0.1, 0.15) is 185 Å². The lowest BCUT2D eigenvalue weighted by Gasteiger charge is -2.08. The maximum atomic E-state index is 11.5. The molecule has 18 rings (SSSR count). The fraction of sp³-hybridized carbons (Fsp3) is 0.300. The van der Waals surface area contributed by atoms with Crippen molar-refractivity contribution in [3.8, 4) is 0 Å². The first-order chi connectivity index (χ1) is 52.5. The maximum absolute atomic E-state index is 11.5. The number of rotatable bonds is 9. The Bertz CT molecular complexity index is 4910. The summed E-state index contributed by atoms with van der Waals surface area (Å²) >= 11 is 0. The van der Waals surface area contributed by atoms with Gasteiger partial charge in [0.1, 0.15) is 11.2 Å². The Morgan fingerprint density at radius 1 is 0.339 bits per heavy atom. The second-order valence-electron chi connectivity index (χ2n) is 29.4. The van der Waals surface area contributed by atoms with Crippen molar-refractivity contribution in [3.05, 3.63) is 278 Å². The topological polar surface area (TPSA) is 191 Å². The van der Waals surface area contributed by atoms with E-state index in [1.54, 1.807) is 4.57 Å². The third-order valence-electron chi connectivity index (χ3n) is 18.5. The number of hydrogen-bond acceptors (Lipinski definition) is 9. The molecule has 6 aromatic carbocycles. The lowest BCUT2D eigenvalue weighted by Crippen LogP contribution is -2.18. The molecule has 12 heterocycles. The van der Waals surface area contributed by atoms with Gasteiger partial charge in [0.25, 0.3) is 0 Å². The van der Waals surface area contributed by atoms with Crippen LogP contribution in [-0.2, 0) is 0 Å². The Morgan fingerprint density at radius 3 is 1.49 bits per heavy atom. The van der Waals surface area contributed by atoms with Crippen LogP contribution in [0.3, 0.4) is 0 Å². The largest absolute Gasteiger partial charge is 0.345 e. The minimum absolute atomic E-state index is 0.0313. The van der Waals surface area contributed by atoms with Crippen LogP contribution < -0.4 is 5.69 Å². The number of aromatic amines is 2. The summed E-state index contributed by atoms with van der Waals surface area (Å²) in [5.41, 5.74) is 15.6. The first-order valence-corrected chi connectivity index (χ1v) is 38.1. The quantitative estimate of drug-likeness (QED) is 0.142. The Kier molecular flexibility index (Phi) is 27.4. The number of imidazole rings is 2. The molecule has 0 aliphatic heterocycles. The molecule has 0 unspecified atom stereocenters. The summed E-state index contributed by atoms with van der Waals surface area (Å²) in [4.78, 5) is 31.3. The molecular weight excluding hydrogens is 1350 g/mol. The predicted molar refractivity (Wildman–Crippen MR) is 454 cm³/mol. The van der Waals surface area contributed by atoms with Gasteiger partial charge < -0.3 is 27.8 Å². The highest BCUT2D eigenvalue weighted by molar-refractivity contribution is 5.83. The van der Waals surface area contributed by atoms with Crippen molar-refractivity contribution in [2.45, 2.75) is 179 Å². The zero-order valence-electron chi connectivity index (χ0n) is 66.6. The summed E-state index contributed by atoms with van der Waals surface area (Å²) in [6.07, 6.45) is 19.6. The molecule has 19 heteroatoms. The van der Waals surface area contributed by atoms with E-state index in [0.29, 0.717) is 48.2 Å². The lowest BCUT2D eigenvalue weighted by molar-refractivity contribution is 0.530. The molecule has 0 aliphatic rings. The van der Waals surface area contributed by atoms with Crippen LogP contribution in [0, 0.1) is 0 Å². The van der Waals surface area contributed by atoms with Gasteiger partial charge in [0.05, 0.1) is 73.9 Å². The minimum atomic E-state index is -0.0313. The number of benzene rings is 6. The molecule has 0 aliphatic carbocycles. The Labute approximate surface area is 639 Å². The van der Waals surface area contributed by atoms with Crippen LogP contribution >= 0.6 is 0 Å². The molecule has 2 N–H and O–H groups in total. The summed E-state index contributed by atoms with van der Waals surface area (Å²) in [5, 5.41) is 26.0. The van der Waals surface area contributed by atoms with Gasteiger partial charge in [-0.3, -0.25) is 24.3 Å². The maximum Gasteiger partial charge on any atom is 0.326 e. The average Bonchev–Trinajstić information content (AvgIpc) is 1.63. The second kappa shape index (κ2) is 37.5. The van der Waals surface area contributed by atoms with Gasteiger partial charge in [0.15, 0.2) is 0 Å². The van der Waals surface area contributed by atoms with E-state index in [1.807, 2.05) is 176 Å². The van der Waals surface area contributed by atoms with Crippen LogP contribution in [0.25, 0.3) is 98.8 Å². The van der Waals surface area contributed by atoms with E-state index in [2.05, 4.69) is 294 Å². The van der Waals surface area contributed by atoms with Crippen LogP contribution in [0.2, 0.25) is 0 Å². The fourth-order valence-electron chi connectivity index (χ4n) is 12.9. The molecule has 109 heavy (non-hydrogen) atoms. The minimum Gasteiger partial charge on any atom is -0.345 e. The number of pyridine rings is 3. The van der Waals surface area contributed by atoms with E-state index >= 15 is 0 Å². The Hall–Kier alpha value is -12.0. The zero-order chi connectivity index (χ0) is 77.8. The molecule has 0 saturated heterocycles. The summed E-state index contributed by atoms with van der Waals surface area (Å²) < 4.78 is 16.8. The fourth-order valence-corrected chi connectivity index (χ4v) is 12.9. The zero-order valence-corrected chi connectivity index (χ0v) is 66.6. The average molecular weight is 1460 g/mol. The first kappa shape index (κ1) is 79.6. The van der Waals surface area contributed by atoms with Crippen molar-refractivity contribution < 1.29 is 0 Å². The van der Waals surface area contributed by atoms with Gasteiger partial charge in [-0.15, -0.1) is 5.10 Å². The molecule has 0 amide bonds. The van der Waals surface area contributed by atoms with Crippen molar-refractivity contribution in [2.75, 3.05) is 0 Å². The Balaban J connectivity index is 0.000000131. The van der Waals surface area contributed by atoms with E-state index in [4.69, 9.17) is 0 Å². The normalized spacial score (nSPS) is 11.3. The molecule has 18 aromatic rings. The van der Waals surface area contributed by atoms with Gasteiger partial charge in [-0.1, -0.05) is 110 Å². The third kappa shape index (κ3) is 19.8. The predicted octanol–water partition coefficient (Wildman–Crippen LogP) is 22.9. The van der Waals surface area contributed by atoms with Crippen molar-refractivity contribution in [1.29, 1.82) is 0 Å². The number of nitrogens with one attached hydrogen (secondary N) is 2. The SMILES string of the molecule is CC(C)c1[nH]nc2ccccc12.CC(C)n1c(=O)[nH]c2ccccc21.CC(C)n1ccc2ccccc21.CC(C)n1ccc2cccnc21.CC(C)n1ccc2ccncc21.CC(C)n1ccc2ncccc21.CC(C)n1cnc2ccccc21.CC(C)n1ncc2ccccc21.CC(C)n1nnc2ccccc21. The van der Waals surface area contributed by atoms with Crippen LogP contribution in [-0.4, -0.2) is 87.3 Å². The number of para-hydroxylation sites is 8. The van der Waals surface area contributed by atoms with Crippen molar-refractivity contribution in [1.82, 2.24) is 87.3 Å². The summed E-state index contributed by atoms with van der Waals surface area (Å²) in [7, 11) is 0. The number of fused-ring (bicyclic) bond motifs is 9. The van der Waals surface area contributed by atoms with Crippen molar-refractivity contribution in [3.63, 3.8) is 0 Å². The molecule has 19 nitrogen and oxygen atoms in total. The van der Waals surface area contributed by atoms with E-state index in [9.17, 15) is 4.79 Å². The molecular formula is C90H108N18O. The molecule has 0 bridgehead atoms. The molecule has 0 spiro atoms. The van der Waals surface area contributed by atoms with Gasteiger partial charge in [-0.05, 0) is 231 Å². The van der Waals surface area contributed by atoms with Gasteiger partial charge in [0.2, 0.25) is 0 Å². The highest BCUT2D eigenvalue weighted by Crippen LogP contribution is 2.25. The molecule has 0 fully saturated rings. The molecule has 12 aromatic heterocycles. The standard InChI is InChI=1S/C11H13N.C10H12N2O.6C10H12N2.C9H11N3/c1-9(2)12-8-7-10-5-3-4-6-11(10)12;1-7(2)12-9-6-4-3-5-8(9)11-10(12)13;1-8(2)12-6-4-9-3-5-11-7-10(9)12;1-8(2)12-7-5-9-10(12)4-3-6-11-9;1-8(2)12-7-5-9-4-3-6-11-10(9)12;1-8(2)12-7-11-9-5-3-4-6-10(9)12;1-8(2)12-10-6-4-3-5-9(10)7-11-12;1-7(2)10-8-5-3-4-6-9(8)11-12-10;1-7(2)12-9-6-4-3-5-8(9)10-11-12/h3-9H,1-2H3;3-7H,1-2H3,(H,11,13);5*3-8H,1-2H3;3-7H,1-2H3,(H,11,12);3-7H,1-2H3. The van der Waals surface area contributed by atoms with Crippen LogP contribution in [0.5, 0.6) is 0 Å². The van der Waals surface area contributed by atoms with E-state index in [-0.39, 0.29) is 11.7 Å². The van der Waals surface area contributed by atoms with E-state index < -0.39 is 0 Å². The van der Waals surface area contributed by atoms with Crippen molar-refractivity contribution in [2.24, 2.45) is 0 Å².